The van der Waals surface area contributed by atoms with E-state index in [2.05, 4.69) is 164 Å². The van der Waals surface area contributed by atoms with Gasteiger partial charge in [0.25, 0.3) is 6.33 Å². The van der Waals surface area contributed by atoms with Gasteiger partial charge in [-0.2, -0.15) is 18.2 Å². The summed E-state index contributed by atoms with van der Waals surface area (Å²) >= 11 is 0. The van der Waals surface area contributed by atoms with E-state index in [0.29, 0.717) is 22.7 Å². The summed E-state index contributed by atoms with van der Waals surface area (Å²) in [6.45, 7) is 17.5. The molecule has 0 atom stereocenters. The van der Waals surface area contributed by atoms with Crippen LogP contribution in [0, 0.1) is 25.3 Å². The van der Waals surface area contributed by atoms with E-state index in [4.69, 9.17) is 20.7 Å². The summed E-state index contributed by atoms with van der Waals surface area (Å²) in [5, 5.41) is 1.66. The summed E-state index contributed by atoms with van der Waals surface area (Å²) < 4.78 is 80.6. The minimum absolute atomic E-state index is 0. The Kier molecular flexibility index (Phi) is 10.4. The summed E-state index contributed by atoms with van der Waals surface area (Å²) in [5.74, 6) is 1.01. The van der Waals surface area contributed by atoms with Crippen LogP contribution in [-0.2, 0) is 37.3 Å². The molecule has 0 aliphatic carbocycles. The summed E-state index contributed by atoms with van der Waals surface area (Å²) in [6, 6.07) is 53.7. The number of imidazole rings is 1. The van der Waals surface area contributed by atoms with Crippen LogP contribution in [0.5, 0.6) is 11.5 Å². The standard InChI is InChI=1S/C67H60N4O.Pt/c1-44-35-63(68-42-58(44)45-21-12-11-13-22-45)71-59-30-15-14-29-54(59)55-34-33-53(41-62(55)71)72-52-28-20-27-51(40-52)69-43-70(61-32-17-16-31-60(61)69)64-56(46-23-18-25-48(36-46)65(2,3)4)38-50(67(8,9)10)39-57(64)47-24-19-26-49(37-47)66(5,6)7;/h11-39,42H,1-10H3;/q-2;/i1D3,11D,12D,13D,21D,22D;. The maximum atomic E-state index is 8.66. The molecule has 8 aromatic carbocycles. The monoisotopic (exact) mass is 1140 g/mol. The molecular formula is C67H60N4OPt-2. The number of rotatable bonds is 8. The van der Waals surface area contributed by atoms with Crippen LogP contribution in [0.3, 0.4) is 0 Å². The van der Waals surface area contributed by atoms with Crippen LogP contribution in [0.1, 0.15) is 95.5 Å². The second kappa shape index (κ2) is 18.9. The third-order valence-corrected chi connectivity index (χ3v) is 13.5. The van der Waals surface area contributed by atoms with Gasteiger partial charge in [0.15, 0.2) is 0 Å². The molecule has 6 heteroatoms. The topological polar surface area (TPSA) is 35.9 Å². The molecule has 0 aliphatic rings. The Morgan fingerprint density at radius 2 is 1.18 bits per heavy atom. The Morgan fingerprint density at radius 3 is 1.84 bits per heavy atom. The van der Waals surface area contributed by atoms with E-state index in [1.54, 1.807) is 4.57 Å². The smallest absolute Gasteiger partial charge is 0.268 e. The molecule has 0 aliphatic heterocycles. The number of para-hydroxylation sites is 3. The van der Waals surface area contributed by atoms with Gasteiger partial charge in [-0.15, -0.1) is 29.7 Å². The van der Waals surface area contributed by atoms with Gasteiger partial charge in [0, 0.05) is 54.0 Å². The number of aryl methyl sites for hydroxylation is 1. The van der Waals surface area contributed by atoms with Crippen LogP contribution in [0.25, 0.3) is 83.4 Å². The summed E-state index contributed by atoms with van der Waals surface area (Å²) in [4.78, 5) is 4.73. The third-order valence-electron chi connectivity index (χ3n) is 13.5. The molecule has 5 nitrogen and oxygen atoms in total. The van der Waals surface area contributed by atoms with Gasteiger partial charge in [0.05, 0.1) is 23.6 Å². The number of pyridine rings is 1. The quantitative estimate of drug-likeness (QED) is 0.112. The molecule has 73 heavy (non-hydrogen) atoms. The number of nitrogens with zero attached hydrogens (tertiary/aromatic N) is 4. The zero-order valence-corrected chi connectivity index (χ0v) is 44.7. The van der Waals surface area contributed by atoms with E-state index in [9.17, 15) is 0 Å². The molecule has 11 aromatic rings. The Hall–Kier alpha value is -7.33. The molecule has 0 saturated carbocycles. The Morgan fingerprint density at radius 1 is 0.562 bits per heavy atom. The van der Waals surface area contributed by atoms with Crippen molar-refractivity contribution in [3.05, 3.63) is 223 Å². The Balaban J connectivity index is 0.00000736. The fourth-order valence-corrected chi connectivity index (χ4v) is 9.53. The molecule has 366 valence electrons. The number of fused-ring (bicyclic) bond motifs is 4. The fraction of sp³-hybridized carbons (Fsp3) is 0.194. The van der Waals surface area contributed by atoms with Crippen LogP contribution in [-0.4, -0.2) is 14.1 Å². The summed E-state index contributed by atoms with van der Waals surface area (Å²) in [5.41, 5.74) is 12.0. The normalized spacial score (nSPS) is 13.9. The van der Waals surface area contributed by atoms with Crippen molar-refractivity contribution in [1.82, 2.24) is 14.1 Å². The number of benzene rings is 8. The van der Waals surface area contributed by atoms with Crippen molar-refractivity contribution < 1.29 is 41.3 Å². The average molecular weight is 1140 g/mol. The minimum atomic E-state index is -2.76. The predicted octanol–water partition coefficient (Wildman–Crippen LogP) is 16.8. The molecule has 3 aromatic heterocycles. The first kappa shape index (κ1) is 40.2. The van der Waals surface area contributed by atoms with Crippen molar-refractivity contribution in [3.63, 3.8) is 0 Å². The van der Waals surface area contributed by atoms with Crippen LogP contribution in [0.15, 0.2) is 182 Å². The molecule has 0 bridgehead atoms. The van der Waals surface area contributed by atoms with Crippen molar-refractivity contribution in [2.24, 2.45) is 0 Å². The van der Waals surface area contributed by atoms with Crippen LogP contribution in [0.4, 0.5) is 0 Å². The molecule has 0 radical (unpaired) electrons. The SMILES string of the molecule is [2H]c1c([2H])c([2H])c(-c2cnc(-n3c4[c-]c(Oc5[c-]c(-n6[c-][n+](-c7c(-c8cccc(C(C)(C)C)c8)cc(C(C)(C)C)cc7-c7cccc(C(C)(C)C)c7)c7ccccc76)ccc5)ccc4c4ccccc43)cc2C([2H])([2H])[2H])c([2H])c1[2H].[Pt]. The summed E-state index contributed by atoms with van der Waals surface area (Å²) in [6.07, 6.45) is 5.10. The van der Waals surface area contributed by atoms with Crippen LogP contribution in [0.2, 0.25) is 0 Å². The number of hydrogen-bond donors (Lipinski definition) is 0. The Bertz CT molecular complexity index is 4180. The van der Waals surface area contributed by atoms with E-state index in [-0.39, 0.29) is 59.8 Å². The fourth-order valence-electron chi connectivity index (χ4n) is 9.53. The number of aromatic nitrogens is 4. The van der Waals surface area contributed by atoms with E-state index < -0.39 is 37.1 Å². The van der Waals surface area contributed by atoms with Crippen molar-refractivity contribution in [2.75, 3.05) is 0 Å². The molecule has 0 amide bonds. The van der Waals surface area contributed by atoms with Crippen LogP contribution >= 0.6 is 0 Å². The second-order valence-electron chi connectivity index (χ2n) is 21.6. The first-order valence-electron chi connectivity index (χ1n) is 28.4. The van der Waals surface area contributed by atoms with Gasteiger partial charge in [-0.05, 0) is 96.4 Å². The molecular weight excluding hydrogens is 1070 g/mol. The molecule has 0 saturated heterocycles. The minimum Gasteiger partial charge on any atom is -0.510 e. The third kappa shape index (κ3) is 9.37. The van der Waals surface area contributed by atoms with Gasteiger partial charge >= 0.3 is 0 Å². The first-order valence-corrected chi connectivity index (χ1v) is 24.4. The molecule has 0 unspecified atom stereocenters. The zero-order chi connectivity index (χ0) is 57.0. The largest absolute Gasteiger partial charge is 0.510 e. The van der Waals surface area contributed by atoms with Gasteiger partial charge in [-0.25, -0.2) is 4.98 Å². The molecule has 0 fully saturated rings. The van der Waals surface area contributed by atoms with E-state index in [1.807, 2.05) is 65.2 Å². The van der Waals surface area contributed by atoms with Gasteiger partial charge in [-0.3, -0.25) is 4.57 Å². The Labute approximate surface area is 456 Å². The molecule has 0 spiro atoms. The first-order chi connectivity index (χ1) is 37.8. The average Bonchev–Trinajstić information content (AvgIpc) is 4.22. The van der Waals surface area contributed by atoms with E-state index >= 15 is 0 Å². The maximum absolute atomic E-state index is 8.66. The number of ether oxygens (including phenoxy) is 1. The van der Waals surface area contributed by atoms with Gasteiger partial charge in [0.1, 0.15) is 5.82 Å². The van der Waals surface area contributed by atoms with Gasteiger partial charge in [0.2, 0.25) is 0 Å². The van der Waals surface area contributed by atoms with Crippen molar-refractivity contribution >= 4 is 32.8 Å². The van der Waals surface area contributed by atoms with Crippen molar-refractivity contribution in [1.29, 1.82) is 0 Å². The summed E-state index contributed by atoms with van der Waals surface area (Å²) in [7, 11) is 0. The maximum Gasteiger partial charge on any atom is 0.268 e. The van der Waals surface area contributed by atoms with Crippen molar-refractivity contribution in [3.8, 4) is 62.1 Å². The zero-order valence-electron chi connectivity index (χ0n) is 50.4. The second-order valence-corrected chi connectivity index (χ2v) is 21.6. The van der Waals surface area contributed by atoms with E-state index in [1.165, 1.54) is 29.0 Å². The molecule has 3 heterocycles. The van der Waals surface area contributed by atoms with E-state index in [0.717, 1.165) is 55.3 Å². The predicted molar refractivity (Wildman–Crippen MR) is 297 cm³/mol. The molecule has 11 rings (SSSR count). The van der Waals surface area contributed by atoms with Crippen LogP contribution < -0.4 is 9.30 Å². The van der Waals surface area contributed by atoms with Gasteiger partial charge < -0.3 is 13.9 Å². The molecule has 0 N–H and O–H groups in total. The van der Waals surface area contributed by atoms with Gasteiger partial charge in [-0.1, -0.05) is 201 Å². The number of hydrogen-bond acceptors (Lipinski definition) is 2. The van der Waals surface area contributed by atoms with Crippen molar-refractivity contribution in [2.45, 2.75) is 85.4 Å².